The molecular formula is C18H21N5O3S2. The van der Waals surface area contributed by atoms with E-state index in [1.165, 1.54) is 15.6 Å². The van der Waals surface area contributed by atoms with Crippen LogP contribution in [0.1, 0.15) is 35.2 Å². The number of hydrogen-bond acceptors (Lipinski definition) is 8. The Balaban J connectivity index is 1.57. The molecule has 4 heterocycles. The van der Waals surface area contributed by atoms with Crippen LogP contribution in [0.25, 0.3) is 0 Å². The van der Waals surface area contributed by atoms with E-state index in [-0.39, 0.29) is 10.8 Å². The fraction of sp³-hybridized carbons (Fsp3) is 0.389. The number of sulfonamides is 1. The van der Waals surface area contributed by atoms with E-state index in [4.69, 9.17) is 4.52 Å². The highest BCUT2D eigenvalue weighted by atomic mass is 32.2. The summed E-state index contributed by atoms with van der Waals surface area (Å²) in [6.07, 6.45) is 2.46. The zero-order valence-electron chi connectivity index (χ0n) is 15.8. The molecule has 1 N–H and O–H groups in total. The fourth-order valence-corrected chi connectivity index (χ4v) is 5.88. The molecule has 0 amide bonds. The first-order chi connectivity index (χ1) is 13.3. The van der Waals surface area contributed by atoms with E-state index >= 15 is 0 Å². The molecule has 0 saturated carbocycles. The quantitative estimate of drug-likeness (QED) is 0.676. The van der Waals surface area contributed by atoms with Gasteiger partial charge in [-0.15, -0.1) is 11.3 Å². The second kappa shape index (κ2) is 7.26. The molecule has 0 radical (unpaired) electrons. The highest BCUT2D eigenvalue weighted by Gasteiger charge is 2.37. The Kier molecular flexibility index (Phi) is 4.94. The van der Waals surface area contributed by atoms with Crippen molar-refractivity contribution in [2.24, 2.45) is 0 Å². The van der Waals surface area contributed by atoms with Crippen molar-refractivity contribution in [2.45, 2.75) is 38.0 Å². The second-order valence-corrected chi connectivity index (χ2v) is 9.66. The maximum Gasteiger partial charge on any atom is 0.248 e. The molecule has 28 heavy (non-hydrogen) atoms. The van der Waals surface area contributed by atoms with Crippen molar-refractivity contribution in [1.82, 2.24) is 19.4 Å². The average Bonchev–Trinajstić information content (AvgIpc) is 3.36. The number of aryl methyl sites for hydroxylation is 3. The molecule has 1 fully saturated rings. The number of thiazole rings is 1. The lowest BCUT2D eigenvalue weighted by Crippen LogP contribution is -2.29. The standard InChI is InChI=1S/C18H21N5O3S2/c1-11-8-15(21-18-19-5-7-27-18)9-16(20-11)14-4-6-23(10-14)28(24,25)17-12(2)22-26-13(17)3/h5,7-9,14H,4,6,10H2,1-3H3,(H,19,20,21)/t14-/m1/s1. The molecule has 1 aliphatic heterocycles. The Morgan fingerprint density at radius 3 is 2.79 bits per heavy atom. The van der Waals surface area contributed by atoms with E-state index in [1.54, 1.807) is 20.0 Å². The molecule has 1 atom stereocenters. The van der Waals surface area contributed by atoms with Gasteiger partial charge in [0.05, 0.1) is 0 Å². The highest BCUT2D eigenvalue weighted by molar-refractivity contribution is 7.89. The summed E-state index contributed by atoms with van der Waals surface area (Å²) in [5, 5.41) is 9.78. The van der Waals surface area contributed by atoms with Crippen molar-refractivity contribution in [3.8, 4) is 0 Å². The van der Waals surface area contributed by atoms with Gasteiger partial charge in [0.1, 0.15) is 10.6 Å². The summed E-state index contributed by atoms with van der Waals surface area (Å²) in [4.78, 5) is 9.07. The number of anilines is 2. The van der Waals surface area contributed by atoms with Gasteiger partial charge < -0.3 is 9.84 Å². The summed E-state index contributed by atoms with van der Waals surface area (Å²) in [6, 6.07) is 3.93. The van der Waals surface area contributed by atoms with Crippen LogP contribution in [-0.2, 0) is 10.0 Å². The van der Waals surface area contributed by atoms with Gasteiger partial charge in [-0.1, -0.05) is 5.16 Å². The molecule has 8 nitrogen and oxygen atoms in total. The molecule has 10 heteroatoms. The SMILES string of the molecule is Cc1cc(Nc2nccs2)cc([C@@H]2CCN(S(=O)(=O)c3c(C)noc3C)C2)n1. The number of nitrogens with zero attached hydrogens (tertiary/aromatic N) is 4. The topological polar surface area (TPSA) is 101 Å². The Morgan fingerprint density at radius 2 is 2.11 bits per heavy atom. The van der Waals surface area contributed by atoms with Crippen LogP contribution in [0.3, 0.4) is 0 Å². The van der Waals surface area contributed by atoms with Gasteiger partial charge in [0.15, 0.2) is 10.9 Å². The van der Waals surface area contributed by atoms with Crippen LogP contribution >= 0.6 is 11.3 Å². The van der Waals surface area contributed by atoms with Crippen molar-refractivity contribution < 1.29 is 12.9 Å². The van der Waals surface area contributed by atoms with Gasteiger partial charge in [-0.25, -0.2) is 13.4 Å². The maximum absolute atomic E-state index is 13.0. The first-order valence-corrected chi connectivity index (χ1v) is 11.2. The lowest BCUT2D eigenvalue weighted by Gasteiger charge is -2.17. The highest BCUT2D eigenvalue weighted by Crippen LogP contribution is 2.33. The van der Waals surface area contributed by atoms with Crippen LogP contribution in [0.15, 0.2) is 33.1 Å². The van der Waals surface area contributed by atoms with E-state index in [2.05, 4.69) is 20.4 Å². The van der Waals surface area contributed by atoms with Gasteiger partial charge in [-0.2, -0.15) is 4.31 Å². The maximum atomic E-state index is 13.0. The Hall–Kier alpha value is -2.30. The van der Waals surface area contributed by atoms with Gasteiger partial charge in [-0.05, 0) is 39.3 Å². The van der Waals surface area contributed by atoms with Crippen LogP contribution in [0.2, 0.25) is 0 Å². The molecule has 148 valence electrons. The zero-order chi connectivity index (χ0) is 19.9. The number of nitrogens with one attached hydrogen (secondary N) is 1. The number of rotatable bonds is 5. The molecule has 1 aliphatic rings. The summed E-state index contributed by atoms with van der Waals surface area (Å²) in [7, 11) is -3.63. The van der Waals surface area contributed by atoms with E-state index in [0.717, 1.165) is 28.6 Å². The fourth-order valence-electron chi connectivity index (χ4n) is 3.54. The second-order valence-electron chi connectivity index (χ2n) is 6.89. The monoisotopic (exact) mass is 419 g/mol. The summed E-state index contributed by atoms with van der Waals surface area (Å²) >= 11 is 1.52. The third-order valence-electron chi connectivity index (χ3n) is 4.79. The van der Waals surface area contributed by atoms with Crippen molar-refractivity contribution in [2.75, 3.05) is 18.4 Å². The van der Waals surface area contributed by atoms with Crippen LogP contribution in [0, 0.1) is 20.8 Å². The van der Waals surface area contributed by atoms with Crippen LogP contribution < -0.4 is 5.32 Å². The van der Waals surface area contributed by atoms with Crippen molar-refractivity contribution >= 4 is 32.2 Å². The van der Waals surface area contributed by atoms with Gasteiger partial charge in [0, 0.05) is 47.7 Å². The third kappa shape index (κ3) is 3.54. The molecule has 0 spiro atoms. The van der Waals surface area contributed by atoms with E-state index in [1.807, 2.05) is 24.4 Å². The van der Waals surface area contributed by atoms with E-state index in [9.17, 15) is 8.42 Å². The number of pyridine rings is 1. The van der Waals surface area contributed by atoms with Gasteiger partial charge in [0.25, 0.3) is 0 Å². The minimum atomic E-state index is -3.63. The number of hydrogen-bond donors (Lipinski definition) is 1. The predicted octanol–water partition coefficient (Wildman–Crippen LogP) is 3.37. The van der Waals surface area contributed by atoms with Crippen LogP contribution in [0.4, 0.5) is 10.8 Å². The molecule has 4 rings (SSSR count). The van der Waals surface area contributed by atoms with Crippen LogP contribution in [0.5, 0.6) is 0 Å². The molecule has 0 bridgehead atoms. The zero-order valence-corrected chi connectivity index (χ0v) is 17.5. The molecule has 0 aromatic carbocycles. The normalized spacial score (nSPS) is 17.9. The first kappa shape index (κ1) is 19.0. The molecule has 0 aliphatic carbocycles. The van der Waals surface area contributed by atoms with Crippen LogP contribution in [-0.4, -0.2) is 40.9 Å². The number of aromatic nitrogens is 3. The Morgan fingerprint density at radius 1 is 1.29 bits per heavy atom. The van der Waals surface area contributed by atoms with E-state index in [0.29, 0.717) is 24.5 Å². The summed E-state index contributed by atoms with van der Waals surface area (Å²) in [6.45, 7) is 6.04. The lowest BCUT2D eigenvalue weighted by molar-refractivity contribution is 0.389. The summed E-state index contributed by atoms with van der Waals surface area (Å²) in [5.41, 5.74) is 3.06. The predicted molar refractivity (Wildman–Crippen MR) is 106 cm³/mol. The van der Waals surface area contributed by atoms with Crippen molar-refractivity contribution in [3.63, 3.8) is 0 Å². The molecule has 1 saturated heterocycles. The third-order valence-corrected chi connectivity index (χ3v) is 7.59. The Labute approximate surface area is 167 Å². The summed E-state index contributed by atoms with van der Waals surface area (Å²) in [5.74, 6) is 0.358. The minimum absolute atomic E-state index is 0.0343. The van der Waals surface area contributed by atoms with Gasteiger partial charge in [-0.3, -0.25) is 4.98 Å². The lowest BCUT2D eigenvalue weighted by atomic mass is 10.0. The van der Waals surface area contributed by atoms with Crippen molar-refractivity contribution in [1.29, 1.82) is 0 Å². The average molecular weight is 420 g/mol. The molecule has 0 unspecified atom stereocenters. The molecule has 3 aromatic heterocycles. The minimum Gasteiger partial charge on any atom is -0.360 e. The molecule has 3 aromatic rings. The smallest absolute Gasteiger partial charge is 0.248 e. The van der Waals surface area contributed by atoms with Crippen molar-refractivity contribution in [3.05, 3.63) is 46.6 Å². The van der Waals surface area contributed by atoms with E-state index < -0.39 is 10.0 Å². The summed E-state index contributed by atoms with van der Waals surface area (Å²) < 4.78 is 32.6. The molecular weight excluding hydrogens is 398 g/mol. The van der Waals surface area contributed by atoms with Gasteiger partial charge >= 0.3 is 0 Å². The first-order valence-electron chi connectivity index (χ1n) is 8.92. The van der Waals surface area contributed by atoms with Gasteiger partial charge in [0.2, 0.25) is 10.0 Å². The Bertz CT molecular complexity index is 1070. The largest absolute Gasteiger partial charge is 0.360 e.